The molecular formula is C8H11NO5S. The van der Waals surface area contributed by atoms with Crippen LogP contribution in [0.15, 0.2) is 0 Å². The van der Waals surface area contributed by atoms with Gasteiger partial charge >= 0.3 is 5.97 Å². The minimum atomic E-state index is -1.28. The van der Waals surface area contributed by atoms with Crippen LogP contribution in [0.3, 0.4) is 0 Å². The van der Waals surface area contributed by atoms with E-state index < -0.39 is 23.7 Å². The van der Waals surface area contributed by atoms with E-state index >= 15 is 0 Å². The first-order valence-corrected chi connectivity index (χ1v) is 5.00. The summed E-state index contributed by atoms with van der Waals surface area (Å²) in [5.41, 5.74) is 0. The van der Waals surface area contributed by atoms with Crippen LogP contribution < -0.4 is 5.32 Å². The first kappa shape index (κ1) is 13.6. The normalized spacial score (nSPS) is 11.6. The lowest BCUT2D eigenvalue weighted by Gasteiger charge is -2.11. The monoisotopic (exact) mass is 233 g/mol. The van der Waals surface area contributed by atoms with Gasteiger partial charge in [-0.1, -0.05) is 11.8 Å². The summed E-state index contributed by atoms with van der Waals surface area (Å²) in [7, 11) is 0. The zero-order chi connectivity index (χ0) is 12.0. The van der Waals surface area contributed by atoms with Crippen molar-refractivity contribution in [2.75, 3.05) is 5.75 Å². The number of carboxylic acids is 1. The Morgan fingerprint density at radius 3 is 2.13 bits per heavy atom. The average molecular weight is 233 g/mol. The van der Waals surface area contributed by atoms with Crippen LogP contribution in [0, 0.1) is 0 Å². The lowest BCUT2D eigenvalue weighted by atomic mass is 10.3. The van der Waals surface area contributed by atoms with Crippen molar-refractivity contribution in [2.24, 2.45) is 0 Å². The van der Waals surface area contributed by atoms with Crippen LogP contribution in [0.5, 0.6) is 0 Å². The Hall–Kier alpha value is -1.37. The van der Waals surface area contributed by atoms with Crippen LogP contribution >= 0.6 is 11.8 Å². The predicted octanol–water partition coefficient (Wildman–Crippen LogP) is -0.575. The van der Waals surface area contributed by atoms with Gasteiger partial charge in [0, 0.05) is 19.6 Å². The highest BCUT2D eigenvalue weighted by Crippen LogP contribution is 2.04. The molecule has 0 heterocycles. The molecule has 0 saturated carbocycles. The number of hydrogen-bond acceptors (Lipinski definition) is 5. The summed E-state index contributed by atoms with van der Waals surface area (Å²) >= 11 is 0.776. The molecule has 0 aromatic heterocycles. The van der Waals surface area contributed by atoms with Gasteiger partial charge in [0.15, 0.2) is 5.12 Å². The highest BCUT2D eigenvalue weighted by molar-refractivity contribution is 8.13. The van der Waals surface area contributed by atoms with Crippen LogP contribution in [0.4, 0.5) is 0 Å². The molecule has 6 nitrogen and oxygen atoms in total. The van der Waals surface area contributed by atoms with Crippen LogP contribution in [0.2, 0.25) is 0 Å². The van der Waals surface area contributed by atoms with Crippen molar-refractivity contribution in [2.45, 2.75) is 19.9 Å². The van der Waals surface area contributed by atoms with Gasteiger partial charge < -0.3 is 10.4 Å². The molecule has 0 aliphatic heterocycles. The van der Waals surface area contributed by atoms with E-state index in [0.717, 1.165) is 18.7 Å². The number of rotatable bonds is 5. The third-order valence-electron chi connectivity index (χ3n) is 1.38. The predicted molar refractivity (Wildman–Crippen MR) is 53.4 cm³/mol. The number of carbonyl (C=O) groups is 4. The van der Waals surface area contributed by atoms with E-state index in [-0.39, 0.29) is 10.9 Å². The fraction of sp³-hybridized carbons (Fsp3) is 0.500. The zero-order valence-corrected chi connectivity index (χ0v) is 9.09. The fourth-order valence-electron chi connectivity index (χ4n) is 0.635. The number of Topliss-reactive ketones (excluding diaryl/α,β-unsaturated/α-hetero) is 1. The molecule has 0 spiro atoms. The average Bonchev–Trinajstić information content (AvgIpc) is 2.10. The molecule has 0 rings (SSSR count). The molecule has 0 saturated heterocycles. The van der Waals surface area contributed by atoms with Gasteiger partial charge in [-0.15, -0.1) is 0 Å². The van der Waals surface area contributed by atoms with Crippen LogP contribution in [-0.2, 0) is 19.2 Å². The summed E-state index contributed by atoms with van der Waals surface area (Å²) in [5, 5.41) is 10.4. The van der Waals surface area contributed by atoms with Crippen molar-refractivity contribution in [3.63, 3.8) is 0 Å². The number of hydrogen-bond donors (Lipinski definition) is 2. The van der Waals surface area contributed by atoms with Crippen molar-refractivity contribution in [3.05, 3.63) is 0 Å². The number of thioether (sulfide) groups is 1. The molecule has 1 amide bonds. The van der Waals surface area contributed by atoms with Gasteiger partial charge in [0.2, 0.25) is 5.78 Å². The maximum atomic E-state index is 10.9. The number of carbonyl (C=O) groups excluding carboxylic acids is 3. The summed E-state index contributed by atoms with van der Waals surface area (Å²) in [6.45, 7) is 2.32. The number of nitrogens with one attached hydrogen (secondary N) is 1. The van der Waals surface area contributed by atoms with Crippen molar-refractivity contribution in [1.29, 1.82) is 0 Å². The summed E-state index contributed by atoms with van der Waals surface area (Å²) in [5.74, 6) is -3.11. The molecule has 0 aromatic rings. The van der Waals surface area contributed by atoms with E-state index in [0.29, 0.717) is 0 Å². The third kappa shape index (κ3) is 5.84. The summed E-state index contributed by atoms with van der Waals surface area (Å²) < 4.78 is 0. The van der Waals surface area contributed by atoms with E-state index in [4.69, 9.17) is 5.11 Å². The van der Waals surface area contributed by atoms with Crippen molar-refractivity contribution in [1.82, 2.24) is 5.32 Å². The quantitative estimate of drug-likeness (QED) is 0.616. The second-order valence-electron chi connectivity index (χ2n) is 2.72. The maximum Gasteiger partial charge on any atom is 0.327 e. The van der Waals surface area contributed by atoms with Crippen LogP contribution in [0.25, 0.3) is 0 Å². The Morgan fingerprint density at radius 2 is 1.80 bits per heavy atom. The maximum absolute atomic E-state index is 10.9. The minimum absolute atomic E-state index is 0.0936. The van der Waals surface area contributed by atoms with Crippen LogP contribution in [-0.4, -0.2) is 39.7 Å². The minimum Gasteiger partial charge on any atom is -0.480 e. The number of aliphatic carboxylic acids is 1. The summed E-state index contributed by atoms with van der Waals surface area (Å²) in [6.07, 6.45) is 0. The first-order valence-electron chi connectivity index (χ1n) is 4.02. The molecule has 0 bridgehead atoms. The Labute approximate surface area is 90.4 Å². The van der Waals surface area contributed by atoms with Gasteiger partial charge in [-0.05, 0) is 0 Å². The number of carboxylic acid groups (broad SMARTS) is 1. The summed E-state index contributed by atoms with van der Waals surface area (Å²) in [4.78, 5) is 42.6. The smallest absolute Gasteiger partial charge is 0.327 e. The van der Waals surface area contributed by atoms with E-state index in [2.05, 4.69) is 0 Å². The number of ketones is 1. The SMILES string of the molecule is CC(=O)SCC(NC(=O)C(C)=O)C(=O)O. The third-order valence-corrected chi connectivity index (χ3v) is 2.28. The van der Waals surface area contributed by atoms with Gasteiger partial charge in [0.25, 0.3) is 5.91 Å². The van der Waals surface area contributed by atoms with Gasteiger partial charge in [0.1, 0.15) is 6.04 Å². The Morgan fingerprint density at radius 1 is 1.27 bits per heavy atom. The van der Waals surface area contributed by atoms with Gasteiger partial charge in [-0.25, -0.2) is 4.79 Å². The van der Waals surface area contributed by atoms with Crippen molar-refractivity contribution >= 4 is 34.5 Å². The van der Waals surface area contributed by atoms with Crippen molar-refractivity contribution < 1.29 is 24.3 Å². The molecule has 84 valence electrons. The lowest BCUT2D eigenvalue weighted by Crippen LogP contribution is -2.45. The second-order valence-corrected chi connectivity index (χ2v) is 3.92. The molecule has 7 heteroatoms. The molecule has 15 heavy (non-hydrogen) atoms. The first-order chi connectivity index (χ1) is 6.84. The van der Waals surface area contributed by atoms with Crippen molar-refractivity contribution in [3.8, 4) is 0 Å². The topological polar surface area (TPSA) is 101 Å². The number of amides is 1. The molecule has 1 unspecified atom stereocenters. The van der Waals surface area contributed by atoms with Gasteiger partial charge in [-0.3, -0.25) is 14.4 Å². The van der Waals surface area contributed by atoms with Gasteiger partial charge in [0.05, 0.1) is 0 Å². The second kappa shape index (κ2) is 6.18. The van der Waals surface area contributed by atoms with Gasteiger partial charge in [-0.2, -0.15) is 0 Å². The molecule has 0 aliphatic carbocycles. The van der Waals surface area contributed by atoms with E-state index in [1.165, 1.54) is 6.92 Å². The van der Waals surface area contributed by atoms with Crippen LogP contribution in [0.1, 0.15) is 13.8 Å². The highest BCUT2D eigenvalue weighted by atomic mass is 32.2. The fourth-order valence-corrected chi connectivity index (χ4v) is 1.26. The zero-order valence-electron chi connectivity index (χ0n) is 8.27. The Bertz CT molecular complexity index is 301. The Kier molecular flexibility index (Phi) is 5.61. The molecule has 0 fully saturated rings. The highest BCUT2D eigenvalue weighted by Gasteiger charge is 2.22. The Balaban J connectivity index is 4.28. The lowest BCUT2D eigenvalue weighted by molar-refractivity contribution is -0.143. The summed E-state index contributed by atoms with van der Waals surface area (Å²) in [6, 6.07) is -1.23. The van der Waals surface area contributed by atoms with E-state index in [1.807, 2.05) is 5.32 Å². The van der Waals surface area contributed by atoms with E-state index in [9.17, 15) is 19.2 Å². The molecule has 0 aromatic carbocycles. The molecule has 1 atom stereocenters. The molecule has 0 radical (unpaired) electrons. The molecular weight excluding hydrogens is 222 g/mol. The molecule has 0 aliphatic rings. The standard InChI is InChI=1S/C8H11NO5S/c1-4(10)7(12)9-6(8(13)14)3-15-5(2)11/h6H,3H2,1-2H3,(H,9,12)(H,13,14). The largest absolute Gasteiger partial charge is 0.480 e. The molecule has 2 N–H and O–H groups in total. The van der Waals surface area contributed by atoms with E-state index in [1.54, 1.807) is 0 Å².